The minimum absolute atomic E-state index is 0.00786. The summed E-state index contributed by atoms with van der Waals surface area (Å²) in [5.41, 5.74) is 0.339. The van der Waals surface area contributed by atoms with Crippen LogP contribution in [-0.4, -0.2) is 107 Å². The van der Waals surface area contributed by atoms with Crippen molar-refractivity contribution >= 4 is 23.6 Å². The van der Waals surface area contributed by atoms with Gasteiger partial charge in [-0.3, -0.25) is 24.1 Å². The molecule has 0 radical (unpaired) electrons. The molecule has 0 aliphatic carbocycles. The molecule has 12 nitrogen and oxygen atoms in total. The van der Waals surface area contributed by atoms with Crippen LogP contribution in [0.5, 0.6) is 0 Å². The molecule has 2 aromatic rings. The van der Waals surface area contributed by atoms with E-state index in [0.29, 0.717) is 45.6 Å². The number of amides is 4. The largest absolute Gasteiger partial charge is 0.388 e. The van der Waals surface area contributed by atoms with Crippen molar-refractivity contribution in [1.82, 2.24) is 26.2 Å². The summed E-state index contributed by atoms with van der Waals surface area (Å²) in [6, 6.07) is 15.2. The van der Waals surface area contributed by atoms with E-state index in [1.165, 1.54) is 13.8 Å². The molecule has 0 aromatic heterocycles. The van der Waals surface area contributed by atoms with E-state index in [9.17, 15) is 29.4 Å². The molecule has 1 saturated heterocycles. The number of aliphatic hydroxyl groups excluding tert-OH is 1. The van der Waals surface area contributed by atoms with E-state index in [-0.39, 0.29) is 37.1 Å². The van der Waals surface area contributed by atoms with Crippen LogP contribution in [0.2, 0.25) is 0 Å². The number of carbonyl (C=O) groups excluding carboxylic acids is 4. The van der Waals surface area contributed by atoms with E-state index >= 15 is 0 Å². The maximum absolute atomic E-state index is 14.1. The van der Waals surface area contributed by atoms with Crippen LogP contribution in [0.4, 0.5) is 0 Å². The fourth-order valence-electron chi connectivity index (χ4n) is 6.28. The lowest BCUT2D eigenvalue weighted by Gasteiger charge is -2.34. The molecule has 12 heteroatoms. The van der Waals surface area contributed by atoms with Gasteiger partial charge in [-0.25, -0.2) is 0 Å². The van der Waals surface area contributed by atoms with E-state index in [4.69, 9.17) is 4.74 Å². The molecule has 288 valence electrons. The standard InChI is InChI=1S/C40H61N5O7/c1-27(2)23-32(36(47)40(5,6)51)42-39(50)34(25-30-15-11-8-12-16-30)44-38(49)33(24-28(3)4)43-37(48)31(18-17-29-13-9-7-10-14-29)41-35(46)26-45-19-21-52-22-20-45/h7-16,27-28,31-34,36,47,51H,17-26H2,1-6H3,(H,41,46)(H,42,50)(H,43,48)(H,44,49)/t31-,32-,33-,34-,36+/m0/s1. The third-order valence-electron chi connectivity index (χ3n) is 9.10. The average Bonchev–Trinajstić information content (AvgIpc) is 3.09. The lowest BCUT2D eigenvalue weighted by atomic mass is 9.89. The van der Waals surface area contributed by atoms with E-state index in [0.717, 1.165) is 11.1 Å². The van der Waals surface area contributed by atoms with Crippen molar-refractivity contribution in [3.05, 3.63) is 71.8 Å². The first-order chi connectivity index (χ1) is 24.6. The number of nitrogens with one attached hydrogen (secondary N) is 4. The third-order valence-corrected chi connectivity index (χ3v) is 9.10. The molecule has 1 aliphatic rings. The minimum atomic E-state index is -1.48. The van der Waals surface area contributed by atoms with Gasteiger partial charge < -0.3 is 36.2 Å². The summed E-state index contributed by atoms with van der Waals surface area (Å²) in [6.45, 7) is 13.2. The van der Waals surface area contributed by atoms with Gasteiger partial charge in [0, 0.05) is 19.5 Å². The van der Waals surface area contributed by atoms with Gasteiger partial charge in [-0.15, -0.1) is 0 Å². The van der Waals surface area contributed by atoms with Gasteiger partial charge >= 0.3 is 0 Å². The Morgan fingerprint density at radius 1 is 0.731 bits per heavy atom. The van der Waals surface area contributed by atoms with Gasteiger partial charge in [0.25, 0.3) is 0 Å². The number of rotatable bonds is 20. The zero-order valence-corrected chi connectivity index (χ0v) is 31.8. The first kappa shape index (κ1) is 42.6. The zero-order valence-electron chi connectivity index (χ0n) is 31.8. The van der Waals surface area contributed by atoms with Gasteiger partial charge in [-0.1, -0.05) is 88.4 Å². The second-order valence-corrected chi connectivity index (χ2v) is 15.3. The van der Waals surface area contributed by atoms with Crippen molar-refractivity contribution in [2.75, 3.05) is 32.8 Å². The zero-order chi connectivity index (χ0) is 38.3. The molecule has 0 spiro atoms. The summed E-state index contributed by atoms with van der Waals surface area (Å²) < 4.78 is 5.40. The monoisotopic (exact) mass is 723 g/mol. The highest BCUT2D eigenvalue weighted by Gasteiger charge is 2.36. The van der Waals surface area contributed by atoms with E-state index < -0.39 is 53.6 Å². The number of ether oxygens (including phenoxy) is 1. The van der Waals surface area contributed by atoms with Crippen molar-refractivity contribution in [2.45, 2.75) is 110 Å². The van der Waals surface area contributed by atoms with E-state index in [1.807, 2.05) is 93.3 Å². The first-order valence-corrected chi connectivity index (χ1v) is 18.6. The normalized spacial score (nSPS) is 16.7. The molecule has 0 saturated carbocycles. The lowest BCUT2D eigenvalue weighted by Crippen LogP contribution is -2.60. The highest BCUT2D eigenvalue weighted by molar-refractivity contribution is 5.94. The van der Waals surface area contributed by atoms with Crippen LogP contribution in [0.1, 0.15) is 71.9 Å². The van der Waals surface area contributed by atoms with E-state index in [1.54, 1.807) is 0 Å². The predicted molar refractivity (Wildman–Crippen MR) is 201 cm³/mol. The van der Waals surface area contributed by atoms with Gasteiger partial charge in [-0.05, 0) is 62.5 Å². The maximum Gasteiger partial charge on any atom is 0.243 e. The number of hydrogen-bond donors (Lipinski definition) is 6. The Bertz CT molecular complexity index is 1390. The van der Waals surface area contributed by atoms with Crippen molar-refractivity contribution in [2.24, 2.45) is 11.8 Å². The van der Waals surface area contributed by atoms with Crippen LogP contribution < -0.4 is 21.3 Å². The average molecular weight is 724 g/mol. The molecule has 3 rings (SSSR count). The van der Waals surface area contributed by atoms with Crippen LogP contribution in [0.25, 0.3) is 0 Å². The number of aryl methyl sites for hydroxylation is 1. The molecular weight excluding hydrogens is 662 g/mol. The fourth-order valence-corrected chi connectivity index (χ4v) is 6.28. The molecular formula is C40H61N5O7. The molecule has 1 fully saturated rings. The Labute approximate surface area is 309 Å². The Balaban J connectivity index is 1.82. The Morgan fingerprint density at radius 3 is 1.81 bits per heavy atom. The summed E-state index contributed by atoms with van der Waals surface area (Å²) in [7, 11) is 0. The SMILES string of the molecule is CC(C)C[C@H](NC(=O)[C@H](CCc1ccccc1)NC(=O)CN1CCOCC1)C(=O)N[C@@H](Cc1ccccc1)C(=O)N[C@@H](CC(C)C)[C@@H](O)C(C)(C)O. The number of hydrogen-bond acceptors (Lipinski definition) is 8. The number of benzene rings is 2. The Morgan fingerprint density at radius 2 is 1.25 bits per heavy atom. The summed E-state index contributed by atoms with van der Waals surface area (Å²) in [5.74, 6) is -1.72. The summed E-state index contributed by atoms with van der Waals surface area (Å²) >= 11 is 0. The Hall–Kier alpha value is -3.84. The highest BCUT2D eigenvalue weighted by Crippen LogP contribution is 2.19. The molecule has 0 unspecified atom stereocenters. The topological polar surface area (TPSA) is 169 Å². The predicted octanol–water partition coefficient (Wildman–Crippen LogP) is 2.36. The molecule has 4 amide bonds. The smallest absolute Gasteiger partial charge is 0.243 e. The van der Waals surface area contributed by atoms with Crippen LogP contribution >= 0.6 is 0 Å². The Kier molecular flexibility index (Phi) is 17.2. The lowest BCUT2D eigenvalue weighted by molar-refractivity contribution is -0.135. The first-order valence-electron chi connectivity index (χ1n) is 18.6. The second-order valence-electron chi connectivity index (χ2n) is 15.3. The molecule has 52 heavy (non-hydrogen) atoms. The number of morpholine rings is 1. The second kappa shape index (κ2) is 21.0. The summed E-state index contributed by atoms with van der Waals surface area (Å²) in [6.07, 6.45) is 0.441. The highest BCUT2D eigenvalue weighted by atomic mass is 16.5. The van der Waals surface area contributed by atoms with Crippen LogP contribution in [0.15, 0.2) is 60.7 Å². The number of nitrogens with zero attached hydrogens (tertiary/aromatic N) is 1. The van der Waals surface area contributed by atoms with Crippen molar-refractivity contribution < 1.29 is 34.1 Å². The quantitative estimate of drug-likeness (QED) is 0.121. The summed E-state index contributed by atoms with van der Waals surface area (Å²) in [4.78, 5) is 57.1. The van der Waals surface area contributed by atoms with Crippen molar-refractivity contribution in [3.63, 3.8) is 0 Å². The van der Waals surface area contributed by atoms with Gasteiger partial charge in [0.05, 0.1) is 31.4 Å². The number of aliphatic hydroxyl groups is 2. The van der Waals surface area contributed by atoms with Crippen LogP contribution in [0, 0.1) is 11.8 Å². The molecule has 1 aliphatic heterocycles. The van der Waals surface area contributed by atoms with Crippen molar-refractivity contribution in [1.29, 1.82) is 0 Å². The molecule has 1 heterocycles. The van der Waals surface area contributed by atoms with Gasteiger partial charge in [0.2, 0.25) is 23.6 Å². The molecule has 0 bridgehead atoms. The molecule has 2 aromatic carbocycles. The third kappa shape index (κ3) is 15.0. The maximum atomic E-state index is 14.1. The fraction of sp³-hybridized carbons (Fsp3) is 0.600. The molecule has 6 N–H and O–H groups in total. The van der Waals surface area contributed by atoms with Crippen LogP contribution in [-0.2, 0) is 36.8 Å². The van der Waals surface area contributed by atoms with Gasteiger partial charge in [-0.2, -0.15) is 0 Å². The minimum Gasteiger partial charge on any atom is -0.388 e. The summed E-state index contributed by atoms with van der Waals surface area (Å²) in [5, 5.41) is 33.1. The van der Waals surface area contributed by atoms with Crippen molar-refractivity contribution in [3.8, 4) is 0 Å². The van der Waals surface area contributed by atoms with E-state index in [2.05, 4.69) is 21.3 Å². The number of carbonyl (C=O) groups is 4. The van der Waals surface area contributed by atoms with Crippen LogP contribution in [0.3, 0.4) is 0 Å². The van der Waals surface area contributed by atoms with Gasteiger partial charge in [0.1, 0.15) is 24.2 Å². The van der Waals surface area contributed by atoms with Gasteiger partial charge in [0.15, 0.2) is 0 Å². The molecule has 5 atom stereocenters.